The molecule has 0 aromatic heterocycles. The lowest BCUT2D eigenvalue weighted by Crippen LogP contribution is -1.83. The standard InChI is InChI=1S/C15H15P/c1-16-12-15-9-5-4-8-14(15)11-10-13-6-2-3-7-13/h2-6,8-11,16H,12H2,1H3. The molecule has 0 spiro atoms. The summed E-state index contributed by atoms with van der Waals surface area (Å²) in [6.07, 6.45) is 11.5. The third-order valence-corrected chi connectivity index (χ3v) is 3.22. The first-order chi connectivity index (χ1) is 7.90. The SMILES string of the molecule is CPCc1ccccc1C=CC1=C=CC=C1. The van der Waals surface area contributed by atoms with Gasteiger partial charge in [-0.2, -0.15) is 0 Å². The normalized spacial score (nSPS) is 14.4. The molecule has 1 atom stereocenters. The number of hydrogen-bond acceptors (Lipinski definition) is 0. The highest BCUT2D eigenvalue weighted by Crippen LogP contribution is 2.20. The largest absolute Gasteiger partial charge is 0.121 e. The summed E-state index contributed by atoms with van der Waals surface area (Å²) in [5, 5.41) is 0. The Kier molecular flexibility index (Phi) is 3.94. The van der Waals surface area contributed by atoms with Crippen LogP contribution in [0.1, 0.15) is 11.1 Å². The van der Waals surface area contributed by atoms with E-state index in [0.717, 1.165) is 14.2 Å². The van der Waals surface area contributed by atoms with Crippen molar-refractivity contribution < 1.29 is 0 Å². The highest BCUT2D eigenvalue weighted by Gasteiger charge is 1.97. The molecule has 0 bridgehead atoms. The zero-order valence-corrected chi connectivity index (χ0v) is 10.4. The lowest BCUT2D eigenvalue weighted by atomic mass is 10.1. The van der Waals surface area contributed by atoms with Gasteiger partial charge in [0.25, 0.3) is 0 Å². The number of rotatable bonds is 4. The van der Waals surface area contributed by atoms with E-state index in [1.165, 1.54) is 17.3 Å². The molecule has 0 amide bonds. The van der Waals surface area contributed by atoms with Crippen LogP contribution in [0.25, 0.3) is 6.08 Å². The minimum absolute atomic E-state index is 0.967. The number of benzene rings is 1. The Hall–Kier alpha value is -1.35. The van der Waals surface area contributed by atoms with Gasteiger partial charge in [-0.15, -0.1) is 14.3 Å². The average molecular weight is 226 g/mol. The van der Waals surface area contributed by atoms with Gasteiger partial charge in [0.05, 0.1) is 0 Å². The van der Waals surface area contributed by atoms with E-state index in [9.17, 15) is 0 Å². The van der Waals surface area contributed by atoms with E-state index in [1.54, 1.807) is 0 Å². The van der Waals surface area contributed by atoms with Crippen molar-refractivity contribution in [2.24, 2.45) is 0 Å². The highest BCUT2D eigenvalue weighted by molar-refractivity contribution is 7.36. The topological polar surface area (TPSA) is 0 Å². The Balaban J connectivity index is 2.20. The summed E-state index contributed by atoms with van der Waals surface area (Å²) in [6.45, 7) is 2.24. The second-order valence-corrected chi connectivity index (χ2v) is 4.75. The molecule has 1 unspecified atom stereocenters. The van der Waals surface area contributed by atoms with Gasteiger partial charge in [0.2, 0.25) is 0 Å². The minimum Gasteiger partial charge on any atom is -0.121 e. The van der Waals surface area contributed by atoms with E-state index in [2.05, 4.69) is 54.9 Å². The third-order valence-electron chi connectivity index (χ3n) is 2.49. The molecule has 0 heterocycles. The molecule has 0 aliphatic heterocycles. The molecular weight excluding hydrogens is 211 g/mol. The monoisotopic (exact) mass is 226 g/mol. The first-order valence-corrected chi connectivity index (χ1v) is 7.15. The second-order valence-electron chi connectivity index (χ2n) is 3.69. The Morgan fingerprint density at radius 1 is 1.25 bits per heavy atom. The van der Waals surface area contributed by atoms with E-state index in [0.29, 0.717) is 0 Å². The van der Waals surface area contributed by atoms with Crippen molar-refractivity contribution in [2.45, 2.75) is 6.16 Å². The van der Waals surface area contributed by atoms with Gasteiger partial charge in [-0.05, 0) is 42.2 Å². The fourth-order valence-corrected chi connectivity index (χ4v) is 2.38. The number of hydrogen-bond donors (Lipinski definition) is 0. The second kappa shape index (κ2) is 5.66. The molecule has 0 N–H and O–H groups in total. The lowest BCUT2D eigenvalue weighted by molar-refractivity contribution is 1.39. The predicted molar refractivity (Wildman–Crippen MR) is 74.2 cm³/mol. The summed E-state index contributed by atoms with van der Waals surface area (Å²) in [5.74, 6) is 0. The van der Waals surface area contributed by atoms with Crippen molar-refractivity contribution in [1.29, 1.82) is 0 Å². The molecule has 0 saturated heterocycles. The van der Waals surface area contributed by atoms with Crippen LogP contribution in [0.15, 0.2) is 59.9 Å². The molecule has 0 nitrogen and oxygen atoms in total. The first-order valence-electron chi connectivity index (χ1n) is 5.44. The van der Waals surface area contributed by atoms with Crippen LogP contribution in [-0.2, 0) is 6.16 Å². The van der Waals surface area contributed by atoms with Crippen LogP contribution in [0.5, 0.6) is 0 Å². The summed E-state index contributed by atoms with van der Waals surface area (Å²) in [7, 11) is 0.967. The Bertz CT molecular complexity index is 486. The Labute approximate surface area is 98.9 Å². The van der Waals surface area contributed by atoms with Crippen LogP contribution in [-0.4, -0.2) is 6.66 Å². The third kappa shape index (κ3) is 2.83. The molecule has 1 aromatic rings. The summed E-state index contributed by atoms with van der Waals surface area (Å²) in [6, 6.07) is 8.60. The summed E-state index contributed by atoms with van der Waals surface area (Å²) >= 11 is 0. The minimum atomic E-state index is 0.967. The van der Waals surface area contributed by atoms with Crippen LogP contribution >= 0.6 is 8.58 Å². The first kappa shape index (κ1) is 11.1. The molecule has 0 saturated carbocycles. The zero-order chi connectivity index (χ0) is 11.2. The fraction of sp³-hybridized carbons (Fsp3) is 0.133. The van der Waals surface area contributed by atoms with E-state index in [4.69, 9.17) is 0 Å². The molecule has 0 radical (unpaired) electrons. The predicted octanol–water partition coefficient (Wildman–Crippen LogP) is 4.16. The molecule has 16 heavy (non-hydrogen) atoms. The quantitative estimate of drug-likeness (QED) is 0.534. The van der Waals surface area contributed by atoms with Crippen molar-refractivity contribution >= 4 is 14.7 Å². The van der Waals surface area contributed by atoms with Crippen LogP contribution in [0, 0.1) is 0 Å². The van der Waals surface area contributed by atoms with Crippen molar-refractivity contribution in [3.8, 4) is 0 Å². The smallest absolute Gasteiger partial charge is 0.0165 e. The van der Waals surface area contributed by atoms with Gasteiger partial charge in [0, 0.05) is 5.57 Å². The van der Waals surface area contributed by atoms with Crippen molar-refractivity contribution in [2.75, 3.05) is 6.66 Å². The lowest BCUT2D eigenvalue weighted by Gasteiger charge is -2.03. The van der Waals surface area contributed by atoms with E-state index in [1.807, 2.05) is 12.2 Å². The van der Waals surface area contributed by atoms with Gasteiger partial charge in [-0.25, -0.2) is 0 Å². The number of allylic oxidation sites excluding steroid dienone is 4. The van der Waals surface area contributed by atoms with Crippen LogP contribution in [0.3, 0.4) is 0 Å². The summed E-state index contributed by atoms with van der Waals surface area (Å²) < 4.78 is 0. The summed E-state index contributed by atoms with van der Waals surface area (Å²) in [4.78, 5) is 0. The van der Waals surface area contributed by atoms with E-state index in [-0.39, 0.29) is 0 Å². The average Bonchev–Trinajstić information content (AvgIpc) is 2.81. The molecule has 2 rings (SSSR count). The molecule has 0 fully saturated rings. The highest BCUT2D eigenvalue weighted by atomic mass is 31.1. The maximum absolute atomic E-state index is 3.17. The Morgan fingerprint density at radius 3 is 2.88 bits per heavy atom. The molecule has 1 heteroatoms. The van der Waals surface area contributed by atoms with E-state index < -0.39 is 0 Å². The molecule has 1 aromatic carbocycles. The zero-order valence-electron chi connectivity index (χ0n) is 9.40. The van der Waals surface area contributed by atoms with Gasteiger partial charge in [-0.1, -0.05) is 36.4 Å². The fourth-order valence-electron chi connectivity index (χ4n) is 1.68. The molecular formula is C15H15P. The maximum atomic E-state index is 3.17. The molecule has 1 aliphatic rings. The van der Waals surface area contributed by atoms with Crippen LogP contribution in [0.4, 0.5) is 0 Å². The van der Waals surface area contributed by atoms with Crippen molar-refractivity contribution in [1.82, 2.24) is 0 Å². The van der Waals surface area contributed by atoms with Crippen molar-refractivity contribution in [3.05, 3.63) is 71.0 Å². The van der Waals surface area contributed by atoms with Crippen LogP contribution < -0.4 is 0 Å². The molecule has 1 aliphatic carbocycles. The summed E-state index contributed by atoms with van der Waals surface area (Å²) in [5.41, 5.74) is 7.08. The van der Waals surface area contributed by atoms with Gasteiger partial charge in [0.15, 0.2) is 0 Å². The maximum Gasteiger partial charge on any atom is 0.0165 e. The van der Waals surface area contributed by atoms with Gasteiger partial charge in [-0.3, -0.25) is 0 Å². The van der Waals surface area contributed by atoms with Gasteiger partial charge in [0.1, 0.15) is 0 Å². The van der Waals surface area contributed by atoms with E-state index >= 15 is 0 Å². The van der Waals surface area contributed by atoms with Crippen LogP contribution in [0.2, 0.25) is 0 Å². The Morgan fingerprint density at radius 2 is 2.12 bits per heavy atom. The van der Waals surface area contributed by atoms with Crippen molar-refractivity contribution in [3.63, 3.8) is 0 Å². The molecule has 80 valence electrons. The van der Waals surface area contributed by atoms with Gasteiger partial charge >= 0.3 is 0 Å². The van der Waals surface area contributed by atoms with Gasteiger partial charge < -0.3 is 0 Å².